The zero-order valence-corrected chi connectivity index (χ0v) is 20.8. The first-order valence-electron chi connectivity index (χ1n) is 11.2. The minimum absolute atomic E-state index is 0.0675. The Labute approximate surface area is 208 Å². The van der Waals surface area contributed by atoms with Gasteiger partial charge >= 0.3 is 5.97 Å². The van der Waals surface area contributed by atoms with Gasteiger partial charge in [-0.1, -0.05) is 41.6 Å². The van der Waals surface area contributed by atoms with Crippen molar-refractivity contribution in [1.29, 1.82) is 0 Å². The number of carbonyl (C=O) groups is 2. The molecule has 3 aliphatic heterocycles. The van der Waals surface area contributed by atoms with Gasteiger partial charge in [0.1, 0.15) is 6.61 Å². The molecule has 34 heavy (non-hydrogen) atoms. The van der Waals surface area contributed by atoms with Gasteiger partial charge in [-0.2, -0.15) is 0 Å². The van der Waals surface area contributed by atoms with E-state index in [1.807, 2.05) is 28.5 Å². The summed E-state index contributed by atoms with van der Waals surface area (Å²) in [6, 6.07) is 6.81. The van der Waals surface area contributed by atoms with E-state index in [1.165, 1.54) is 11.8 Å². The second kappa shape index (κ2) is 11.4. The van der Waals surface area contributed by atoms with Crippen LogP contribution in [-0.4, -0.2) is 61.5 Å². The van der Waals surface area contributed by atoms with Gasteiger partial charge in [-0.15, -0.1) is 0 Å². The molecule has 0 unspecified atom stereocenters. The normalized spacial score (nSPS) is 21.8. The highest BCUT2D eigenvalue weighted by Gasteiger charge is 2.41. The molecule has 1 aromatic carbocycles. The third kappa shape index (κ3) is 5.49. The number of allylic oxidation sites excluding steroid dienone is 1. The van der Waals surface area contributed by atoms with Crippen molar-refractivity contribution in [2.45, 2.75) is 38.3 Å². The van der Waals surface area contributed by atoms with Crippen LogP contribution in [0, 0.1) is 0 Å². The largest absolute Gasteiger partial charge is 0.460 e. The van der Waals surface area contributed by atoms with Gasteiger partial charge in [0.25, 0.3) is 0 Å². The quantitative estimate of drug-likeness (QED) is 0.403. The summed E-state index contributed by atoms with van der Waals surface area (Å²) in [7, 11) is 1.55. The summed E-state index contributed by atoms with van der Waals surface area (Å²) in [5.41, 5.74) is 2.43. The molecule has 0 spiro atoms. The number of halogens is 1. The van der Waals surface area contributed by atoms with E-state index in [0.717, 1.165) is 30.7 Å². The number of aliphatic imine (C=N–C) groups is 1. The fraction of sp³-hybridized carbons (Fsp3) is 0.458. The maximum absolute atomic E-state index is 13.2. The van der Waals surface area contributed by atoms with Crippen LogP contribution < -0.4 is 5.32 Å². The Balaban J connectivity index is 1.59. The Morgan fingerprint density at radius 3 is 2.88 bits per heavy atom. The topological polar surface area (TPSA) is 89.5 Å². The molecule has 182 valence electrons. The Morgan fingerprint density at radius 2 is 2.15 bits per heavy atom. The van der Waals surface area contributed by atoms with E-state index in [0.29, 0.717) is 34.6 Å². The lowest BCUT2D eigenvalue weighted by molar-refractivity contribution is -0.141. The predicted octanol–water partition coefficient (Wildman–Crippen LogP) is 3.79. The molecular formula is C24H28ClN3O5S. The first-order valence-corrected chi connectivity index (χ1v) is 12.5. The van der Waals surface area contributed by atoms with Crippen LogP contribution in [0.4, 0.5) is 0 Å². The maximum Gasteiger partial charge on any atom is 0.338 e. The van der Waals surface area contributed by atoms with Gasteiger partial charge in [0.2, 0.25) is 5.91 Å². The first-order chi connectivity index (χ1) is 16.5. The number of rotatable bonds is 9. The number of fused-ring (bicyclic) bond motifs is 1. The summed E-state index contributed by atoms with van der Waals surface area (Å²) in [5, 5.41) is 6.08. The van der Waals surface area contributed by atoms with E-state index >= 15 is 0 Å². The monoisotopic (exact) mass is 505 g/mol. The minimum Gasteiger partial charge on any atom is -0.460 e. The third-order valence-electron chi connectivity index (χ3n) is 5.83. The Hall–Kier alpha value is -2.33. The number of benzene rings is 1. The third-order valence-corrected chi connectivity index (χ3v) is 7.07. The molecule has 1 N–H and O–H groups in total. The molecule has 1 amide bonds. The van der Waals surface area contributed by atoms with E-state index in [-0.39, 0.29) is 25.0 Å². The van der Waals surface area contributed by atoms with Gasteiger partial charge in [0.05, 0.1) is 36.4 Å². The molecule has 3 heterocycles. The number of hydrogen-bond donors (Lipinski definition) is 1. The van der Waals surface area contributed by atoms with Gasteiger partial charge < -0.3 is 24.4 Å². The van der Waals surface area contributed by atoms with Gasteiger partial charge in [-0.25, -0.2) is 9.79 Å². The average molecular weight is 506 g/mol. The zero-order valence-electron chi connectivity index (χ0n) is 19.2. The molecule has 0 saturated carbocycles. The van der Waals surface area contributed by atoms with Crippen molar-refractivity contribution in [3.63, 3.8) is 0 Å². The zero-order chi connectivity index (χ0) is 24.1. The lowest BCUT2D eigenvalue weighted by Gasteiger charge is -2.36. The Kier molecular flexibility index (Phi) is 8.31. The SMILES string of the molecule is COCCOC(=O)C1=C(C)N=C2SC=C(CC(=O)NC[C@@H]3CCCO3)N2[C@@H]1c1ccccc1Cl. The molecule has 10 heteroatoms. The van der Waals surface area contributed by atoms with Crippen LogP contribution in [0.15, 0.2) is 51.6 Å². The number of amides is 1. The highest BCUT2D eigenvalue weighted by atomic mass is 35.5. The molecule has 1 fully saturated rings. The second-order valence-corrected chi connectivity index (χ2v) is 9.40. The van der Waals surface area contributed by atoms with Crippen LogP contribution in [0.25, 0.3) is 0 Å². The number of nitrogens with zero attached hydrogens (tertiary/aromatic N) is 2. The van der Waals surface area contributed by atoms with Gasteiger partial charge in [0.15, 0.2) is 5.17 Å². The van der Waals surface area contributed by atoms with Crippen molar-refractivity contribution >= 4 is 40.4 Å². The average Bonchev–Trinajstić information content (AvgIpc) is 3.47. The van der Waals surface area contributed by atoms with Crippen LogP contribution in [0.5, 0.6) is 0 Å². The molecule has 4 rings (SSSR count). The summed E-state index contributed by atoms with van der Waals surface area (Å²) in [4.78, 5) is 32.5. The standard InChI is InChI=1S/C24H28ClN3O5S/c1-15-21(23(30)33-11-10-31-2)22(18-7-3-4-8-19(18)25)28-16(14-34-24(28)27-15)12-20(29)26-13-17-6-5-9-32-17/h3-4,7-8,14,17,22H,5-6,9-13H2,1-2H3,(H,26,29)/t17-,22+/m0/s1. The van der Waals surface area contributed by atoms with Crippen LogP contribution >= 0.6 is 23.4 Å². The smallest absolute Gasteiger partial charge is 0.338 e. The molecular weight excluding hydrogens is 478 g/mol. The fourth-order valence-electron chi connectivity index (χ4n) is 4.18. The van der Waals surface area contributed by atoms with Crippen molar-refractivity contribution in [2.75, 3.05) is 33.5 Å². The molecule has 0 radical (unpaired) electrons. The van der Waals surface area contributed by atoms with Crippen molar-refractivity contribution in [1.82, 2.24) is 10.2 Å². The van der Waals surface area contributed by atoms with Gasteiger partial charge in [0, 0.05) is 31.0 Å². The Morgan fingerprint density at radius 1 is 1.32 bits per heavy atom. The molecule has 0 aromatic heterocycles. The lowest BCUT2D eigenvalue weighted by atomic mass is 9.93. The van der Waals surface area contributed by atoms with Crippen LogP contribution in [0.1, 0.15) is 37.8 Å². The Bertz CT molecular complexity index is 1040. The van der Waals surface area contributed by atoms with Crippen LogP contribution in [-0.2, 0) is 23.8 Å². The number of thioether (sulfide) groups is 1. The summed E-state index contributed by atoms with van der Waals surface area (Å²) in [6.45, 7) is 3.43. The molecule has 2 atom stereocenters. The first kappa shape index (κ1) is 24.8. The molecule has 0 aliphatic carbocycles. The van der Waals surface area contributed by atoms with Crippen molar-refractivity contribution in [3.05, 3.63) is 57.2 Å². The van der Waals surface area contributed by atoms with Crippen LogP contribution in [0.2, 0.25) is 5.02 Å². The summed E-state index contributed by atoms with van der Waals surface area (Å²) >= 11 is 8.01. The minimum atomic E-state index is -0.566. The highest BCUT2D eigenvalue weighted by Crippen LogP contribution is 2.46. The van der Waals surface area contributed by atoms with E-state index < -0.39 is 12.0 Å². The van der Waals surface area contributed by atoms with Crippen molar-refractivity contribution in [2.24, 2.45) is 4.99 Å². The number of methoxy groups -OCH3 is 1. The molecule has 1 saturated heterocycles. The van der Waals surface area contributed by atoms with E-state index in [4.69, 9.17) is 25.8 Å². The summed E-state index contributed by atoms with van der Waals surface area (Å²) in [6.07, 6.45) is 2.18. The molecule has 3 aliphatic rings. The number of nitrogens with one attached hydrogen (secondary N) is 1. The van der Waals surface area contributed by atoms with E-state index in [9.17, 15) is 9.59 Å². The number of esters is 1. The van der Waals surface area contributed by atoms with E-state index in [2.05, 4.69) is 10.3 Å². The fourth-order valence-corrected chi connectivity index (χ4v) is 5.38. The van der Waals surface area contributed by atoms with Gasteiger partial charge in [-0.05, 0) is 36.8 Å². The number of amidine groups is 1. The lowest BCUT2D eigenvalue weighted by Crippen LogP contribution is -2.39. The maximum atomic E-state index is 13.2. The predicted molar refractivity (Wildman–Crippen MR) is 131 cm³/mol. The van der Waals surface area contributed by atoms with Crippen LogP contribution in [0.3, 0.4) is 0 Å². The molecule has 0 bridgehead atoms. The second-order valence-electron chi connectivity index (χ2n) is 8.16. The number of carbonyl (C=O) groups excluding carboxylic acids is 2. The van der Waals surface area contributed by atoms with Crippen molar-refractivity contribution < 1.29 is 23.8 Å². The molecule has 1 aromatic rings. The summed E-state index contributed by atoms with van der Waals surface area (Å²) < 4.78 is 16.1. The van der Waals surface area contributed by atoms with E-state index in [1.54, 1.807) is 20.1 Å². The summed E-state index contributed by atoms with van der Waals surface area (Å²) in [5.74, 6) is -0.599. The number of ether oxygens (including phenoxy) is 3. The number of hydrogen-bond acceptors (Lipinski definition) is 8. The molecule has 8 nitrogen and oxygen atoms in total. The highest BCUT2D eigenvalue weighted by molar-refractivity contribution is 8.16. The van der Waals surface area contributed by atoms with Crippen molar-refractivity contribution in [3.8, 4) is 0 Å². The van der Waals surface area contributed by atoms with Gasteiger partial charge in [-0.3, -0.25) is 4.79 Å².